The molecule has 4 nitrogen and oxygen atoms in total. The summed E-state index contributed by atoms with van der Waals surface area (Å²) in [6.07, 6.45) is 3.50. The van der Waals surface area contributed by atoms with Gasteiger partial charge in [0.1, 0.15) is 0 Å². The molecule has 0 saturated carbocycles. The van der Waals surface area contributed by atoms with Crippen LogP contribution in [0.1, 0.15) is 19.4 Å². The third-order valence-electron chi connectivity index (χ3n) is 3.02. The van der Waals surface area contributed by atoms with E-state index in [0.717, 1.165) is 12.1 Å². The number of hydrogen-bond acceptors (Lipinski definition) is 4. The average Bonchev–Trinajstić information content (AvgIpc) is 2.42. The van der Waals surface area contributed by atoms with Crippen molar-refractivity contribution in [2.24, 2.45) is 0 Å². The van der Waals surface area contributed by atoms with Crippen molar-refractivity contribution in [3.05, 3.63) is 30.1 Å². The molecule has 0 saturated heterocycles. The summed E-state index contributed by atoms with van der Waals surface area (Å²) in [7, 11) is 1.95. The molecule has 0 radical (unpaired) electrons. The van der Waals surface area contributed by atoms with Gasteiger partial charge in [0.25, 0.3) is 5.12 Å². The van der Waals surface area contributed by atoms with Crippen LogP contribution in [0.25, 0.3) is 0 Å². The van der Waals surface area contributed by atoms with Gasteiger partial charge in [-0.2, -0.15) is 0 Å². The first-order valence-corrected chi connectivity index (χ1v) is 6.80. The van der Waals surface area contributed by atoms with Crippen molar-refractivity contribution in [3.63, 3.8) is 0 Å². The van der Waals surface area contributed by atoms with E-state index in [1.54, 1.807) is 12.4 Å². The molecule has 0 fully saturated rings. The molecule has 108 valence electrons. The Kier molecular flexibility index (Phi) is 6.73. The Bertz CT molecular complexity index is 492. The van der Waals surface area contributed by atoms with E-state index < -0.39 is 10.7 Å². The lowest BCUT2D eigenvalue weighted by Gasteiger charge is -2.30. The quantitative estimate of drug-likeness (QED) is 0.493. The highest BCUT2D eigenvalue weighted by molar-refractivity contribution is 7.97. The van der Waals surface area contributed by atoms with Gasteiger partial charge in [0.15, 0.2) is 0 Å². The first kappa shape index (κ1) is 16.7. The van der Waals surface area contributed by atoms with Crippen LogP contribution in [0.2, 0.25) is 0 Å². The number of hydrogen-bond donors (Lipinski definition) is 1. The van der Waals surface area contributed by atoms with Gasteiger partial charge >= 0.3 is 0 Å². The SMILES string of the molecule is CN(CCOCc1ccncc1)C(C)(C)C#CC(=O)S. The Hall–Kier alpha value is -1.35. The number of likely N-dealkylation sites (N-methyl/N-ethyl adjacent to an activating group) is 1. The van der Waals surface area contributed by atoms with Crippen LogP contribution in [0.15, 0.2) is 24.5 Å². The maximum atomic E-state index is 10.8. The molecule has 20 heavy (non-hydrogen) atoms. The molecule has 0 atom stereocenters. The van der Waals surface area contributed by atoms with Gasteiger partial charge in [-0.15, -0.1) is 0 Å². The second-order valence-corrected chi connectivity index (χ2v) is 5.35. The lowest BCUT2D eigenvalue weighted by molar-refractivity contribution is -0.106. The van der Waals surface area contributed by atoms with Crippen molar-refractivity contribution in [1.82, 2.24) is 9.88 Å². The third kappa shape index (κ3) is 6.20. The molecule has 0 aliphatic heterocycles. The van der Waals surface area contributed by atoms with Crippen LogP contribution >= 0.6 is 12.6 Å². The number of ether oxygens (including phenoxy) is 1. The molecule has 1 heterocycles. The van der Waals surface area contributed by atoms with E-state index in [1.807, 2.05) is 37.9 Å². The molecule has 5 heteroatoms. The summed E-state index contributed by atoms with van der Waals surface area (Å²) >= 11 is 3.64. The fourth-order valence-electron chi connectivity index (χ4n) is 1.45. The van der Waals surface area contributed by atoms with E-state index in [9.17, 15) is 4.79 Å². The topological polar surface area (TPSA) is 42.4 Å². The summed E-state index contributed by atoms with van der Waals surface area (Å²) in [5, 5.41) is -0.416. The molecule has 0 bridgehead atoms. The number of carbonyl (C=O) groups is 1. The summed E-state index contributed by atoms with van der Waals surface area (Å²) < 4.78 is 5.61. The van der Waals surface area contributed by atoms with Gasteiger partial charge in [-0.25, -0.2) is 0 Å². The van der Waals surface area contributed by atoms with E-state index in [0.29, 0.717) is 13.2 Å². The zero-order valence-electron chi connectivity index (χ0n) is 12.1. The zero-order chi connectivity index (χ0) is 15.0. The van der Waals surface area contributed by atoms with Crippen LogP contribution < -0.4 is 0 Å². The standard InChI is InChI=1S/C15H20N2O2S/c1-15(2,7-4-14(18)20)17(3)10-11-19-12-13-5-8-16-9-6-13/h5-6,8-9H,10-12H2,1-3H3,(H,18,20). The molecule has 0 spiro atoms. The molecule has 0 aromatic carbocycles. The molecular formula is C15H20N2O2S. The Balaban J connectivity index is 2.34. The van der Waals surface area contributed by atoms with Gasteiger partial charge in [-0.05, 0) is 44.5 Å². The largest absolute Gasteiger partial charge is 0.375 e. The van der Waals surface area contributed by atoms with Gasteiger partial charge in [0.05, 0.1) is 18.8 Å². The fourth-order valence-corrected chi connectivity index (χ4v) is 1.51. The van der Waals surface area contributed by atoms with Gasteiger partial charge in [0.2, 0.25) is 0 Å². The van der Waals surface area contributed by atoms with E-state index in [-0.39, 0.29) is 0 Å². The number of rotatable bonds is 6. The average molecular weight is 292 g/mol. The lowest BCUT2D eigenvalue weighted by atomic mass is 10.0. The summed E-state index contributed by atoms with van der Waals surface area (Å²) in [4.78, 5) is 16.8. The Morgan fingerprint density at radius 3 is 2.70 bits per heavy atom. The molecule has 1 aromatic rings. The van der Waals surface area contributed by atoms with E-state index in [2.05, 4.69) is 29.5 Å². The minimum atomic E-state index is -0.416. The van der Waals surface area contributed by atoms with Crippen LogP contribution in [-0.4, -0.2) is 40.7 Å². The Labute approximate surface area is 125 Å². The summed E-state index contributed by atoms with van der Waals surface area (Å²) in [5.74, 6) is 5.37. The number of thiol groups is 1. The molecule has 0 N–H and O–H groups in total. The van der Waals surface area contributed by atoms with Gasteiger partial charge in [-0.1, -0.05) is 18.5 Å². The van der Waals surface area contributed by atoms with Gasteiger partial charge in [0, 0.05) is 18.9 Å². The molecular weight excluding hydrogens is 272 g/mol. The first-order chi connectivity index (χ1) is 9.42. The van der Waals surface area contributed by atoms with Crippen LogP contribution in [0, 0.1) is 11.8 Å². The monoisotopic (exact) mass is 292 g/mol. The second-order valence-electron chi connectivity index (χ2n) is 4.94. The van der Waals surface area contributed by atoms with Crippen LogP contribution in [0.5, 0.6) is 0 Å². The van der Waals surface area contributed by atoms with Crippen molar-refractivity contribution < 1.29 is 9.53 Å². The van der Waals surface area contributed by atoms with Crippen molar-refractivity contribution in [2.75, 3.05) is 20.2 Å². The minimum absolute atomic E-state index is 0.390. The van der Waals surface area contributed by atoms with Gasteiger partial charge in [-0.3, -0.25) is 14.7 Å². The summed E-state index contributed by atoms with van der Waals surface area (Å²) in [5.41, 5.74) is 0.709. The highest BCUT2D eigenvalue weighted by atomic mass is 32.1. The molecule has 0 aliphatic carbocycles. The molecule has 1 aromatic heterocycles. The lowest BCUT2D eigenvalue weighted by Crippen LogP contribution is -2.41. The number of nitrogens with zero attached hydrogens (tertiary/aromatic N) is 2. The normalized spacial score (nSPS) is 11.1. The number of aromatic nitrogens is 1. The second kappa shape index (κ2) is 8.05. The molecule has 0 amide bonds. The Morgan fingerprint density at radius 1 is 1.45 bits per heavy atom. The van der Waals surface area contributed by atoms with Crippen molar-refractivity contribution in [1.29, 1.82) is 0 Å². The molecule has 0 unspecified atom stereocenters. The Morgan fingerprint density at radius 2 is 2.10 bits per heavy atom. The minimum Gasteiger partial charge on any atom is -0.375 e. The zero-order valence-corrected chi connectivity index (χ0v) is 13.0. The summed E-state index contributed by atoms with van der Waals surface area (Å²) in [6.45, 7) is 5.81. The van der Waals surface area contributed by atoms with E-state index in [1.165, 1.54) is 0 Å². The van der Waals surface area contributed by atoms with Crippen molar-refractivity contribution in [3.8, 4) is 11.8 Å². The maximum Gasteiger partial charge on any atom is 0.259 e. The molecule has 0 aliphatic rings. The smallest absolute Gasteiger partial charge is 0.259 e. The third-order valence-corrected chi connectivity index (χ3v) is 3.13. The van der Waals surface area contributed by atoms with Crippen LogP contribution in [-0.2, 0) is 16.1 Å². The van der Waals surface area contributed by atoms with Crippen LogP contribution in [0.4, 0.5) is 0 Å². The maximum absolute atomic E-state index is 10.8. The highest BCUT2D eigenvalue weighted by Gasteiger charge is 2.20. The van der Waals surface area contributed by atoms with E-state index >= 15 is 0 Å². The fraction of sp³-hybridized carbons (Fsp3) is 0.467. The van der Waals surface area contributed by atoms with Gasteiger partial charge < -0.3 is 4.74 Å². The molecule has 1 rings (SSSR count). The van der Waals surface area contributed by atoms with Crippen LogP contribution in [0.3, 0.4) is 0 Å². The first-order valence-electron chi connectivity index (χ1n) is 6.36. The highest BCUT2D eigenvalue weighted by Crippen LogP contribution is 2.10. The number of carbonyl (C=O) groups excluding carboxylic acids is 1. The van der Waals surface area contributed by atoms with E-state index in [4.69, 9.17) is 4.74 Å². The summed E-state index contributed by atoms with van der Waals surface area (Å²) in [6, 6.07) is 3.86. The van der Waals surface area contributed by atoms with Crippen molar-refractivity contribution in [2.45, 2.75) is 26.0 Å². The predicted octanol–water partition coefficient (Wildman–Crippen LogP) is 1.77. The number of pyridine rings is 1. The van der Waals surface area contributed by atoms with Crippen molar-refractivity contribution >= 4 is 17.7 Å². The predicted molar refractivity (Wildman–Crippen MR) is 82.4 cm³/mol.